The molecule has 11 heteroatoms. The topological polar surface area (TPSA) is 111 Å². The van der Waals surface area contributed by atoms with E-state index in [1.165, 1.54) is 11.8 Å². The van der Waals surface area contributed by atoms with Crippen molar-refractivity contribution in [2.24, 2.45) is 0 Å². The Bertz CT molecular complexity index is 1550. The number of likely N-dealkylation sites (N-methyl/N-ethyl adjacent to an activating group) is 1. The molecule has 232 valence electrons. The summed E-state index contributed by atoms with van der Waals surface area (Å²) in [5, 5.41) is 11.9. The molecule has 0 spiro atoms. The molecule has 1 amide bonds. The molecule has 2 fully saturated rings. The van der Waals surface area contributed by atoms with E-state index in [9.17, 15) is 10.1 Å². The van der Waals surface area contributed by atoms with Crippen molar-refractivity contribution in [2.45, 2.75) is 70.7 Å². The van der Waals surface area contributed by atoms with E-state index in [1.54, 1.807) is 4.90 Å². The normalized spacial score (nSPS) is 20.8. The van der Waals surface area contributed by atoms with E-state index in [0.29, 0.717) is 44.8 Å². The summed E-state index contributed by atoms with van der Waals surface area (Å²) in [6.07, 6.45) is 6.60. The van der Waals surface area contributed by atoms with Crippen molar-refractivity contribution in [3.8, 4) is 12.1 Å². The first-order valence-corrected chi connectivity index (χ1v) is 15.6. The number of hydrogen-bond acceptors (Lipinski definition) is 10. The summed E-state index contributed by atoms with van der Waals surface area (Å²) in [7, 11) is 2.14. The second-order valence-electron chi connectivity index (χ2n) is 13.0. The van der Waals surface area contributed by atoms with Gasteiger partial charge in [-0.2, -0.15) is 15.2 Å². The average Bonchev–Trinajstić information content (AvgIpc) is 3.42. The van der Waals surface area contributed by atoms with Crippen LogP contribution in [-0.2, 0) is 17.7 Å². The predicted octanol–water partition coefficient (Wildman–Crippen LogP) is 4.40. The molecule has 2 saturated heterocycles. The highest BCUT2D eigenvalue weighted by molar-refractivity contribution is 5.93. The molecule has 1 aromatic carbocycles. The summed E-state index contributed by atoms with van der Waals surface area (Å²) < 4.78 is 12.0. The van der Waals surface area contributed by atoms with Gasteiger partial charge in [0.1, 0.15) is 18.0 Å². The Labute approximate surface area is 259 Å². The molecule has 0 bridgehead atoms. The van der Waals surface area contributed by atoms with Gasteiger partial charge in [0.05, 0.1) is 30.8 Å². The molecule has 2 atom stereocenters. The van der Waals surface area contributed by atoms with Crippen LogP contribution in [0.3, 0.4) is 0 Å². The van der Waals surface area contributed by atoms with Crippen LogP contribution in [0.15, 0.2) is 36.7 Å². The molecule has 3 aromatic rings. The molecule has 5 heterocycles. The molecule has 0 aliphatic carbocycles. The van der Waals surface area contributed by atoms with E-state index in [2.05, 4.69) is 57.1 Å². The zero-order chi connectivity index (χ0) is 30.8. The van der Waals surface area contributed by atoms with E-state index in [-0.39, 0.29) is 18.6 Å². The van der Waals surface area contributed by atoms with Gasteiger partial charge >= 0.3 is 12.1 Å². The molecule has 2 aromatic heterocycles. The van der Waals surface area contributed by atoms with E-state index in [0.717, 1.165) is 54.1 Å². The molecule has 2 unspecified atom stereocenters. The number of amides is 1. The van der Waals surface area contributed by atoms with Gasteiger partial charge in [-0.3, -0.25) is 4.98 Å². The number of fused-ring (bicyclic) bond motifs is 2. The van der Waals surface area contributed by atoms with E-state index < -0.39 is 5.60 Å². The minimum atomic E-state index is -0.608. The molecular formula is C33H42N8O3. The Balaban J connectivity index is 1.30. The van der Waals surface area contributed by atoms with Gasteiger partial charge in [0.2, 0.25) is 0 Å². The number of nitrogens with zero attached hydrogens (tertiary/aromatic N) is 8. The number of carbonyl (C=O) groups excluding carboxylic acids is 1. The number of rotatable bonds is 6. The number of piperazine rings is 1. The Morgan fingerprint density at radius 1 is 1.09 bits per heavy atom. The number of aromatic nitrogens is 3. The summed E-state index contributed by atoms with van der Waals surface area (Å²) in [5.41, 5.74) is 2.61. The van der Waals surface area contributed by atoms with Crippen LogP contribution in [0.5, 0.6) is 6.01 Å². The first-order chi connectivity index (χ1) is 21.2. The molecule has 0 N–H and O–H groups in total. The Kier molecular flexibility index (Phi) is 8.45. The number of benzene rings is 1. The van der Waals surface area contributed by atoms with Gasteiger partial charge in [-0.1, -0.05) is 12.1 Å². The molecule has 0 radical (unpaired) electrons. The van der Waals surface area contributed by atoms with Crippen molar-refractivity contribution in [3.63, 3.8) is 0 Å². The maximum absolute atomic E-state index is 13.0. The fraction of sp³-hybridized carbons (Fsp3) is 0.545. The monoisotopic (exact) mass is 598 g/mol. The summed E-state index contributed by atoms with van der Waals surface area (Å²) in [6, 6.07) is 11.1. The van der Waals surface area contributed by atoms with E-state index in [4.69, 9.17) is 19.4 Å². The van der Waals surface area contributed by atoms with Gasteiger partial charge < -0.3 is 29.1 Å². The number of anilines is 2. The van der Waals surface area contributed by atoms with E-state index in [1.807, 2.05) is 33.2 Å². The maximum Gasteiger partial charge on any atom is 0.410 e. The Morgan fingerprint density at radius 3 is 2.73 bits per heavy atom. The summed E-state index contributed by atoms with van der Waals surface area (Å²) in [4.78, 5) is 35.9. The first-order valence-electron chi connectivity index (χ1n) is 15.6. The zero-order valence-electron chi connectivity index (χ0n) is 26.2. The van der Waals surface area contributed by atoms with Crippen LogP contribution in [-0.4, -0.2) is 94.9 Å². The van der Waals surface area contributed by atoms with Crippen molar-refractivity contribution >= 4 is 28.4 Å². The van der Waals surface area contributed by atoms with Crippen molar-refractivity contribution < 1.29 is 14.3 Å². The number of likely N-dealkylation sites (tertiary alicyclic amines) is 1. The second kappa shape index (κ2) is 12.4. The molecule has 0 saturated carbocycles. The standard InChI is InChI=1S/C33H42N8O3/c1-33(2,3)44-32(42)41-18-17-40(20-24(41)10-13-34)30-27-12-16-39(29-9-5-7-23-19-35-14-11-26(23)29)21-28(27)36-31(37-30)43-22-25-8-6-15-38(25)4/h5,7,9,11,14,19,24-25H,6,8,10,12,15-18,20-22H2,1-4H3. The maximum atomic E-state index is 13.0. The first kappa shape index (κ1) is 29.9. The fourth-order valence-electron chi connectivity index (χ4n) is 6.55. The third-order valence-electron chi connectivity index (χ3n) is 8.83. The predicted molar refractivity (Wildman–Crippen MR) is 169 cm³/mol. The highest BCUT2D eigenvalue weighted by Gasteiger charge is 2.36. The minimum Gasteiger partial charge on any atom is -0.462 e. The quantitative estimate of drug-likeness (QED) is 0.405. The highest BCUT2D eigenvalue weighted by Crippen LogP contribution is 2.35. The lowest BCUT2D eigenvalue weighted by atomic mass is 10.0. The van der Waals surface area contributed by atoms with Crippen molar-refractivity contribution in [1.29, 1.82) is 5.26 Å². The minimum absolute atomic E-state index is 0.212. The SMILES string of the molecule is CN1CCCC1COc1nc2c(c(N3CCN(C(=O)OC(C)(C)C)C(CC#N)C3)n1)CCN(c1cccc3cnccc13)C2. The Hall–Kier alpha value is -4.17. The van der Waals surface area contributed by atoms with Crippen LogP contribution >= 0.6 is 0 Å². The van der Waals surface area contributed by atoms with Gasteiger partial charge in [0.15, 0.2) is 0 Å². The van der Waals surface area contributed by atoms with Gasteiger partial charge in [-0.15, -0.1) is 0 Å². The summed E-state index contributed by atoms with van der Waals surface area (Å²) >= 11 is 0. The van der Waals surface area contributed by atoms with Crippen LogP contribution < -0.4 is 14.5 Å². The number of carbonyl (C=O) groups is 1. The van der Waals surface area contributed by atoms with Crippen LogP contribution in [0.1, 0.15) is 51.3 Å². The molecule has 44 heavy (non-hydrogen) atoms. The molecule has 11 nitrogen and oxygen atoms in total. The van der Waals surface area contributed by atoms with Crippen LogP contribution in [0.2, 0.25) is 0 Å². The fourth-order valence-corrected chi connectivity index (χ4v) is 6.55. The smallest absolute Gasteiger partial charge is 0.410 e. The third kappa shape index (κ3) is 6.36. The molecular weight excluding hydrogens is 556 g/mol. The lowest BCUT2D eigenvalue weighted by Gasteiger charge is -2.42. The summed E-state index contributed by atoms with van der Waals surface area (Å²) in [5.74, 6) is 0.846. The summed E-state index contributed by atoms with van der Waals surface area (Å²) in [6.45, 7) is 10.1. The molecule has 3 aliphatic heterocycles. The van der Waals surface area contributed by atoms with Gasteiger partial charge in [0, 0.05) is 66.6 Å². The average molecular weight is 599 g/mol. The van der Waals surface area contributed by atoms with Crippen LogP contribution in [0.4, 0.5) is 16.3 Å². The molecule has 6 rings (SSSR count). The number of nitriles is 1. The van der Waals surface area contributed by atoms with Crippen molar-refractivity contribution in [2.75, 3.05) is 56.2 Å². The zero-order valence-corrected chi connectivity index (χ0v) is 26.2. The third-order valence-corrected chi connectivity index (χ3v) is 8.83. The van der Waals surface area contributed by atoms with Gasteiger partial charge in [0.25, 0.3) is 0 Å². The lowest BCUT2D eigenvalue weighted by molar-refractivity contribution is 0.0144. The van der Waals surface area contributed by atoms with Crippen molar-refractivity contribution in [1.82, 2.24) is 24.8 Å². The second-order valence-corrected chi connectivity index (χ2v) is 13.0. The highest BCUT2D eigenvalue weighted by atomic mass is 16.6. The molecule has 3 aliphatic rings. The Morgan fingerprint density at radius 2 is 1.95 bits per heavy atom. The van der Waals surface area contributed by atoms with Gasteiger partial charge in [-0.25, -0.2) is 4.79 Å². The number of hydrogen-bond donors (Lipinski definition) is 0. The lowest BCUT2D eigenvalue weighted by Crippen LogP contribution is -2.56. The van der Waals surface area contributed by atoms with Gasteiger partial charge in [-0.05, 0) is 65.8 Å². The number of pyridine rings is 1. The van der Waals surface area contributed by atoms with Crippen LogP contribution in [0, 0.1) is 11.3 Å². The van der Waals surface area contributed by atoms with Crippen LogP contribution in [0.25, 0.3) is 10.8 Å². The van der Waals surface area contributed by atoms with E-state index >= 15 is 0 Å². The van der Waals surface area contributed by atoms with Crippen molar-refractivity contribution in [3.05, 3.63) is 47.9 Å². The largest absolute Gasteiger partial charge is 0.462 e. The number of ether oxygens (including phenoxy) is 2.